The summed E-state index contributed by atoms with van der Waals surface area (Å²) in [5.41, 5.74) is -0.228. The Morgan fingerprint density at radius 2 is 1.87 bits per heavy atom. The van der Waals surface area contributed by atoms with Crippen molar-refractivity contribution >= 4 is 40.3 Å². The first-order valence-corrected chi connectivity index (χ1v) is 16.6. The lowest BCUT2D eigenvalue weighted by molar-refractivity contribution is -0.137. The van der Waals surface area contributed by atoms with E-state index in [-0.39, 0.29) is 75.9 Å². The molecule has 1 aromatic carbocycles. The molecule has 18 heteroatoms. The van der Waals surface area contributed by atoms with Gasteiger partial charge in [-0.3, -0.25) is 14.4 Å². The van der Waals surface area contributed by atoms with Crippen LogP contribution < -0.4 is 15.5 Å². The predicted molar refractivity (Wildman–Crippen MR) is 181 cm³/mol. The van der Waals surface area contributed by atoms with Crippen LogP contribution in [0.4, 0.5) is 18.9 Å². The summed E-state index contributed by atoms with van der Waals surface area (Å²) in [6, 6.07) is 5.83. The number of aryl methyl sites for hydroxylation is 1. The van der Waals surface area contributed by atoms with Crippen LogP contribution in [-0.2, 0) is 22.9 Å². The average molecular weight is 738 g/mol. The van der Waals surface area contributed by atoms with Crippen molar-refractivity contribution in [2.24, 2.45) is 0 Å². The topological polar surface area (TPSA) is 170 Å². The van der Waals surface area contributed by atoms with Crippen LogP contribution in [0.2, 0.25) is 5.02 Å². The molecule has 1 fully saturated rings. The van der Waals surface area contributed by atoms with Gasteiger partial charge in [-0.2, -0.15) is 13.2 Å². The van der Waals surface area contributed by atoms with E-state index in [4.69, 9.17) is 16.3 Å². The molecular formula is C34H31ClF3N9O5. The minimum Gasteiger partial charge on any atom is -0.504 e. The van der Waals surface area contributed by atoms with Crippen LogP contribution in [0, 0.1) is 6.92 Å². The zero-order valence-corrected chi connectivity index (χ0v) is 28.8. The van der Waals surface area contributed by atoms with Gasteiger partial charge in [0.15, 0.2) is 22.6 Å². The van der Waals surface area contributed by atoms with E-state index in [2.05, 4.69) is 30.5 Å². The van der Waals surface area contributed by atoms with E-state index in [9.17, 15) is 32.7 Å². The molecule has 1 aliphatic carbocycles. The fraction of sp³-hybridized carbons (Fsp3) is 0.353. The SMILES string of the molecule is COc1cc(-n2nc3c(=O)c4c(n(CC(=O)Nc5ccc(C(F)(F)F)cc5Cl)c3n2)C(C)CC42CCN(C(=O)c3ncnc(C)c3O)CC2)ccn1. The number of benzene rings is 1. The molecule has 5 heterocycles. The molecule has 4 aromatic heterocycles. The van der Waals surface area contributed by atoms with Crippen LogP contribution in [0.3, 0.4) is 0 Å². The number of likely N-dealkylation sites (tertiary alicyclic amines) is 1. The Morgan fingerprint density at radius 1 is 1.12 bits per heavy atom. The van der Waals surface area contributed by atoms with Crippen LogP contribution in [-0.4, -0.2) is 76.5 Å². The molecule has 0 bridgehead atoms. The lowest BCUT2D eigenvalue weighted by Gasteiger charge is -2.39. The third-order valence-corrected chi connectivity index (χ3v) is 10.1. The number of fused-ring (bicyclic) bond motifs is 3. The molecule has 1 aliphatic heterocycles. The number of ether oxygens (including phenoxy) is 1. The van der Waals surface area contributed by atoms with Crippen LogP contribution >= 0.6 is 11.6 Å². The quantitative estimate of drug-likeness (QED) is 0.247. The van der Waals surface area contributed by atoms with Gasteiger partial charge in [-0.05, 0) is 56.4 Å². The van der Waals surface area contributed by atoms with Gasteiger partial charge in [-0.25, -0.2) is 15.0 Å². The molecule has 14 nitrogen and oxygen atoms in total. The minimum absolute atomic E-state index is 0.00301. The number of methoxy groups -OCH3 is 1. The number of pyridine rings is 2. The van der Waals surface area contributed by atoms with Gasteiger partial charge in [0.2, 0.25) is 17.2 Å². The smallest absolute Gasteiger partial charge is 0.416 e. The number of halogens is 4. The number of carbonyl (C=O) groups is 2. The van der Waals surface area contributed by atoms with Gasteiger partial charge < -0.3 is 24.6 Å². The Bertz CT molecular complexity index is 2320. The number of anilines is 1. The van der Waals surface area contributed by atoms with E-state index in [0.717, 1.165) is 18.2 Å². The number of carbonyl (C=O) groups excluding carboxylic acids is 2. The predicted octanol–water partition coefficient (Wildman–Crippen LogP) is 4.78. The Labute approximate surface area is 298 Å². The zero-order valence-electron chi connectivity index (χ0n) is 28.0. The van der Waals surface area contributed by atoms with Crippen LogP contribution in [0.5, 0.6) is 11.6 Å². The first kappa shape index (κ1) is 34.9. The van der Waals surface area contributed by atoms with Gasteiger partial charge >= 0.3 is 6.18 Å². The van der Waals surface area contributed by atoms with E-state index in [1.807, 2.05) is 6.92 Å². The Hall–Kier alpha value is -5.58. The van der Waals surface area contributed by atoms with Crippen LogP contribution in [0.25, 0.3) is 16.9 Å². The molecule has 2 amide bonds. The highest BCUT2D eigenvalue weighted by atomic mass is 35.5. The zero-order chi connectivity index (χ0) is 37.1. The van der Waals surface area contributed by atoms with Gasteiger partial charge in [0.05, 0.1) is 34.8 Å². The number of aromatic hydroxyl groups is 1. The van der Waals surface area contributed by atoms with E-state index < -0.39 is 29.0 Å². The Balaban J connectivity index is 1.28. The third kappa shape index (κ3) is 5.97. The number of hydrogen-bond acceptors (Lipinski definition) is 10. The summed E-state index contributed by atoms with van der Waals surface area (Å²) in [4.78, 5) is 56.4. The van der Waals surface area contributed by atoms with Crippen molar-refractivity contribution in [3.05, 3.63) is 86.3 Å². The molecule has 1 unspecified atom stereocenters. The summed E-state index contributed by atoms with van der Waals surface area (Å²) in [5, 5.41) is 21.9. The largest absolute Gasteiger partial charge is 0.504 e. The summed E-state index contributed by atoms with van der Waals surface area (Å²) in [5.74, 6) is -1.32. The lowest BCUT2D eigenvalue weighted by atomic mass is 9.73. The first-order chi connectivity index (χ1) is 24.7. The maximum absolute atomic E-state index is 14.5. The standard InChI is InChI=1S/C34H31ClF3N9O5/c1-17-14-33(7-10-45(11-8-33)32(51)27-29(49)18(2)40-16-41-27)25-28(17)46(15-23(48)42-22-5-4-19(12-21(22)35)34(36,37)38)31-26(30(25)50)43-47(44-31)20-6-9-39-24(13-20)52-3/h4-6,9,12-13,16-17,49H,7-8,10-11,14-15H2,1-3H3,(H,42,48). The van der Waals surface area contributed by atoms with Crippen molar-refractivity contribution in [3.8, 4) is 17.3 Å². The molecule has 1 atom stereocenters. The third-order valence-electron chi connectivity index (χ3n) is 9.78. The first-order valence-electron chi connectivity index (χ1n) is 16.2. The summed E-state index contributed by atoms with van der Waals surface area (Å²) in [6.45, 7) is 3.67. The van der Waals surface area contributed by atoms with Gasteiger partial charge in [0.1, 0.15) is 12.9 Å². The number of hydrogen-bond donors (Lipinski definition) is 2. The molecule has 7 rings (SSSR count). The second-order valence-corrected chi connectivity index (χ2v) is 13.4. The monoisotopic (exact) mass is 737 g/mol. The summed E-state index contributed by atoms with van der Waals surface area (Å²) < 4.78 is 46.6. The summed E-state index contributed by atoms with van der Waals surface area (Å²) >= 11 is 6.15. The average Bonchev–Trinajstić information content (AvgIpc) is 3.68. The number of aromatic nitrogens is 7. The number of alkyl halides is 3. The minimum atomic E-state index is -4.62. The van der Waals surface area contributed by atoms with Gasteiger partial charge in [-0.1, -0.05) is 18.5 Å². The van der Waals surface area contributed by atoms with Crippen LogP contribution in [0.1, 0.15) is 65.1 Å². The lowest BCUT2D eigenvalue weighted by Crippen LogP contribution is -2.46. The number of piperidine rings is 1. The van der Waals surface area contributed by atoms with E-state index in [0.29, 0.717) is 36.2 Å². The molecule has 2 aliphatic rings. The number of amides is 2. The van der Waals surface area contributed by atoms with Crippen molar-refractivity contribution < 1.29 is 32.6 Å². The van der Waals surface area contributed by atoms with Crippen molar-refractivity contribution in [2.45, 2.75) is 57.2 Å². The highest BCUT2D eigenvalue weighted by Crippen LogP contribution is 2.51. The Kier molecular flexibility index (Phi) is 8.63. The summed E-state index contributed by atoms with van der Waals surface area (Å²) in [7, 11) is 1.45. The number of nitrogens with one attached hydrogen (secondary N) is 1. The van der Waals surface area contributed by atoms with Crippen LogP contribution in [0.15, 0.2) is 47.7 Å². The maximum atomic E-state index is 14.5. The second-order valence-electron chi connectivity index (χ2n) is 13.0. The Morgan fingerprint density at radius 3 is 2.56 bits per heavy atom. The van der Waals surface area contributed by atoms with Gasteiger partial charge in [0, 0.05) is 42.0 Å². The fourth-order valence-electron chi connectivity index (χ4n) is 7.32. The van der Waals surface area contributed by atoms with Crippen molar-refractivity contribution in [1.29, 1.82) is 0 Å². The maximum Gasteiger partial charge on any atom is 0.416 e. The molecule has 2 N–H and O–H groups in total. The van der Waals surface area contributed by atoms with E-state index in [1.54, 1.807) is 28.5 Å². The molecule has 0 saturated carbocycles. The highest BCUT2D eigenvalue weighted by molar-refractivity contribution is 6.33. The van der Waals surface area contributed by atoms with Crippen molar-refractivity contribution in [2.75, 3.05) is 25.5 Å². The number of rotatable bonds is 6. The van der Waals surface area contributed by atoms with E-state index >= 15 is 0 Å². The normalized spacial score (nSPS) is 16.7. The molecule has 1 saturated heterocycles. The van der Waals surface area contributed by atoms with E-state index in [1.165, 1.54) is 24.4 Å². The van der Waals surface area contributed by atoms with Gasteiger partial charge in [0.25, 0.3) is 5.91 Å². The molecule has 270 valence electrons. The highest BCUT2D eigenvalue weighted by Gasteiger charge is 2.49. The molecule has 52 heavy (non-hydrogen) atoms. The number of nitrogens with zero attached hydrogens (tertiary/aromatic N) is 8. The fourth-order valence-corrected chi connectivity index (χ4v) is 7.55. The van der Waals surface area contributed by atoms with Crippen molar-refractivity contribution in [3.63, 3.8) is 0 Å². The summed E-state index contributed by atoms with van der Waals surface area (Å²) in [6.07, 6.45) is -0.559. The molecular weight excluding hydrogens is 707 g/mol. The molecule has 0 radical (unpaired) electrons. The molecule has 1 spiro atoms. The van der Waals surface area contributed by atoms with Crippen molar-refractivity contribution in [1.82, 2.24) is 39.4 Å². The van der Waals surface area contributed by atoms with Gasteiger partial charge in [-0.15, -0.1) is 15.0 Å². The second kappa shape index (κ2) is 12.9. The molecule has 5 aromatic rings.